The number of esters is 1. The van der Waals surface area contributed by atoms with Crippen molar-refractivity contribution in [2.24, 2.45) is 0 Å². The molecule has 0 aromatic heterocycles. The molecule has 0 heterocycles. The van der Waals surface area contributed by atoms with E-state index in [9.17, 15) is 22.8 Å². The van der Waals surface area contributed by atoms with E-state index in [2.05, 4.69) is 5.32 Å². The highest BCUT2D eigenvalue weighted by Crippen LogP contribution is 2.34. The van der Waals surface area contributed by atoms with Crippen molar-refractivity contribution >= 4 is 23.6 Å². The van der Waals surface area contributed by atoms with Gasteiger partial charge in [0.1, 0.15) is 0 Å². The van der Waals surface area contributed by atoms with E-state index in [1.54, 1.807) is 6.92 Å². The van der Waals surface area contributed by atoms with E-state index in [1.807, 2.05) is 0 Å². The lowest BCUT2D eigenvalue weighted by Gasteiger charge is -2.10. The van der Waals surface area contributed by atoms with Crippen LogP contribution in [-0.2, 0) is 20.5 Å². The van der Waals surface area contributed by atoms with Crippen LogP contribution < -0.4 is 5.32 Å². The quantitative estimate of drug-likeness (QED) is 0.430. The second-order valence-corrected chi connectivity index (χ2v) is 5.91. The number of carbonyl (C=O) groups excluding carboxylic acids is 2. The lowest BCUT2D eigenvalue weighted by atomic mass is 10.1. The van der Waals surface area contributed by atoms with E-state index in [0.29, 0.717) is 13.0 Å². The van der Waals surface area contributed by atoms with Gasteiger partial charge in [-0.25, -0.2) is 0 Å². The number of nitrogens with zero attached hydrogens (tertiary/aromatic N) is 1. The molecule has 0 aliphatic rings. The molecular weight excluding hydrogens is 357 g/mol. The average molecular weight is 374 g/mol. The van der Waals surface area contributed by atoms with E-state index in [4.69, 9.17) is 10.00 Å². The van der Waals surface area contributed by atoms with Gasteiger partial charge < -0.3 is 10.1 Å². The van der Waals surface area contributed by atoms with Gasteiger partial charge in [0.25, 0.3) is 0 Å². The number of hydrogen-bond donors (Lipinski definition) is 1. The van der Waals surface area contributed by atoms with Crippen molar-refractivity contribution in [2.45, 2.75) is 30.8 Å². The number of nitriles is 1. The fourth-order valence-electron chi connectivity index (χ4n) is 1.84. The number of hydrogen-bond acceptors (Lipinski definition) is 5. The molecule has 0 fully saturated rings. The summed E-state index contributed by atoms with van der Waals surface area (Å²) in [4.78, 5) is 23.0. The minimum atomic E-state index is -4.63. The van der Waals surface area contributed by atoms with Gasteiger partial charge in [0.2, 0.25) is 5.91 Å². The number of carbonyl (C=O) groups is 2. The SMILES string of the molecule is CCOC(=O)CCCNC(=O)CSc1ccc(C#N)c(C(F)(F)F)c1. The molecular formula is C16H17F3N2O3S. The Balaban J connectivity index is 2.46. The van der Waals surface area contributed by atoms with Crippen LogP contribution in [0.5, 0.6) is 0 Å². The van der Waals surface area contributed by atoms with E-state index in [1.165, 1.54) is 12.1 Å². The van der Waals surface area contributed by atoms with Crippen LogP contribution in [0.1, 0.15) is 30.9 Å². The van der Waals surface area contributed by atoms with Gasteiger partial charge >= 0.3 is 12.1 Å². The zero-order valence-corrected chi connectivity index (χ0v) is 14.3. The van der Waals surface area contributed by atoms with E-state index >= 15 is 0 Å². The first-order valence-corrected chi connectivity index (χ1v) is 8.43. The standard InChI is InChI=1S/C16H17F3N2O3S/c1-2-24-15(23)4-3-7-21-14(22)10-25-12-6-5-11(9-20)13(8-12)16(17,18)19/h5-6,8H,2-4,7,10H2,1H3,(H,21,22). The molecule has 0 spiro atoms. The number of nitrogens with one attached hydrogen (secondary N) is 1. The second kappa shape index (κ2) is 9.93. The summed E-state index contributed by atoms with van der Waals surface area (Å²) >= 11 is 0.937. The first-order valence-electron chi connectivity index (χ1n) is 7.44. The van der Waals surface area contributed by atoms with Gasteiger partial charge in [-0.2, -0.15) is 18.4 Å². The molecule has 136 valence electrons. The lowest BCUT2D eigenvalue weighted by molar-refractivity contribution is -0.143. The molecule has 1 rings (SSSR count). The van der Waals surface area contributed by atoms with E-state index in [-0.39, 0.29) is 35.5 Å². The summed E-state index contributed by atoms with van der Waals surface area (Å²) < 4.78 is 43.3. The number of amides is 1. The molecule has 0 atom stereocenters. The van der Waals surface area contributed by atoms with Crippen molar-refractivity contribution in [1.82, 2.24) is 5.32 Å². The van der Waals surface area contributed by atoms with Crippen LogP contribution in [0.15, 0.2) is 23.1 Å². The molecule has 0 unspecified atom stereocenters. The van der Waals surface area contributed by atoms with Gasteiger partial charge in [0.15, 0.2) is 0 Å². The Hall–Kier alpha value is -2.21. The van der Waals surface area contributed by atoms with Crippen LogP contribution in [0.2, 0.25) is 0 Å². The average Bonchev–Trinajstić information content (AvgIpc) is 2.56. The Morgan fingerprint density at radius 2 is 2.08 bits per heavy atom. The highest BCUT2D eigenvalue weighted by molar-refractivity contribution is 8.00. The number of alkyl halides is 3. The van der Waals surface area contributed by atoms with Gasteiger partial charge in [-0.1, -0.05) is 0 Å². The number of thioether (sulfide) groups is 1. The number of ether oxygens (including phenoxy) is 1. The fraction of sp³-hybridized carbons (Fsp3) is 0.438. The highest BCUT2D eigenvalue weighted by Gasteiger charge is 2.33. The van der Waals surface area contributed by atoms with Gasteiger partial charge in [0, 0.05) is 17.9 Å². The monoisotopic (exact) mass is 374 g/mol. The van der Waals surface area contributed by atoms with Crippen LogP contribution in [-0.4, -0.2) is 30.8 Å². The Morgan fingerprint density at radius 3 is 2.68 bits per heavy atom. The minimum absolute atomic E-state index is 0.0669. The predicted molar refractivity (Wildman–Crippen MR) is 85.8 cm³/mol. The molecule has 0 saturated heterocycles. The molecule has 0 aliphatic carbocycles. The van der Waals surface area contributed by atoms with Gasteiger partial charge in [0.05, 0.1) is 29.6 Å². The van der Waals surface area contributed by atoms with Crippen LogP contribution in [0.4, 0.5) is 13.2 Å². The zero-order valence-electron chi connectivity index (χ0n) is 13.5. The molecule has 1 amide bonds. The summed E-state index contributed by atoms with van der Waals surface area (Å²) in [5.74, 6) is -0.766. The van der Waals surface area contributed by atoms with Crippen molar-refractivity contribution < 1.29 is 27.5 Å². The van der Waals surface area contributed by atoms with Crippen molar-refractivity contribution in [1.29, 1.82) is 5.26 Å². The van der Waals surface area contributed by atoms with Crippen LogP contribution in [0.3, 0.4) is 0 Å². The Labute approximate surface area is 147 Å². The van der Waals surface area contributed by atoms with Crippen molar-refractivity contribution in [2.75, 3.05) is 18.9 Å². The maximum Gasteiger partial charge on any atom is 0.417 e. The zero-order chi connectivity index (χ0) is 18.9. The molecule has 0 radical (unpaired) electrons. The lowest BCUT2D eigenvalue weighted by Crippen LogP contribution is -2.26. The summed E-state index contributed by atoms with van der Waals surface area (Å²) in [5.41, 5.74) is -1.48. The molecule has 1 aromatic carbocycles. The number of benzene rings is 1. The third-order valence-electron chi connectivity index (χ3n) is 2.97. The topological polar surface area (TPSA) is 79.2 Å². The molecule has 25 heavy (non-hydrogen) atoms. The van der Waals surface area contributed by atoms with Crippen molar-refractivity contribution in [3.05, 3.63) is 29.3 Å². The maximum atomic E-state index is 12.9. The number of halogens is 3. The normalized spacial score (nSPS) is 10.8. The maximum absolute atomic E-state index is 12.9. The first kappa shape index (κ1) is 20.8. The summed E-state index contributed by atoms with van der Waals surface area (Å²) in [6.45, 7) is 2.27. The summed E-state index contributed by atoms with van der Waals surface area (Å²) in [5, 5.41) is 11.3. The van der Waals surface area contributed by atoms with Crippen LogP contribution in [0.25, 0.3) is 0 Å². The Bertz CT molecular complexity index is 657. The molecule has 0 aliphatic heterocycles. The third kappa shape index (κ3) is 7.47. The largest absolute Gasteiger partial charge is 0.466 e. The van der Waals surface area contributed by atoms with E-state index in [0.717, 1.165) is 23.9 Å². The van der Waals surface area contributed by atoms with Crippen molar-refractivity contribution in [3.8, 4) is 6.07 Å². The first-order chi connectivity index (χ1) is 11.8. The molecule has 5 nitrogen and oxygen atoms in total. The smallest absolute Gasteiger partial charge is 0.417 e. The fourth-order valence-corrected chi connectivity index (χ4v) is 2.60. The summed E-state index contributed by atoms with van der Waals surface area (Å²) in [6, 6.07) is 4.81. The minimum Gasteiger partial charge on any atom is -0.466 e. The van der Waals surface area contributed by atoms with Crippen molar-refractivity contribution in [3.63, 3.8) is 0 Å². The molecule has 1 aromatic rings. The molecule has 0 bridgehead atoms. The highest BCUT2D eigenvalue weighted by atomic mass is 32.2. The summed E-state index contributed by atoms with van der Waals surface area (Å²) in [7, 11) is 0. The van der Waals surface area contributed by atoms with Gasteiger partial charge in [-0.3, -0.25) is 9.59 Å². The summed E-state index contributed by atoms with van der Waals surface area (Å²) in [6.07, 6.45) is -4.02. The number of rotatable bonds is 8. The Morgan fingerprint density at radius 1 is 1.36 bits per heavy atom. The second-order valence-electron chi connectivity index (χ2n) is 4.86. The third-order valence-corrected chi connectivity index (χ3v) is 3.97. The van der Waals surface area contributed by atoms with Crippen LogP contribution >= 0.6 is 11.8 Å². The van der Waals surface area contributed by atoms with Gasteiger partial charge in [-0.05, 0) is 31.5 Å². The molecule has 1 N–H and O–H groups in total. The van der Waals surface area contributed by atoms with E-state index < -0.39 is 17.3 Å². The van der Waals surface area contributed by atoms with Gasteiger partial charge in [-0.15, -0.1) is 11.8 Å². The Kier molecular flexibility index (Phi) is 8.28. The van der Waals surface area contributed by atoms with Crippen LogP contribution in [0, 0.1) is 11.3 Å². The molecule has 0 saturated carbocycles. The predicted octanol–water partition coefficient (Wildman–Crippen LogP) is 3.13. The molecule has 9 heteroatoms.